The number of hydrogen-bond donors (Lipinski definition) is 2. The Kier molecular flexibility index (Phi) is 4.30. The summed E-state index contributed by atoms with van der Waals surface area (Å²) in [7, 11) is 0. The smallest absolute Gasteiger partial charge is 0.165 e. The van der Waals surface area contributed by atoms with Gasteiger partial charge in [0.2, 0.25) is 0 Å². The number of carbonyl (C=O) groups excluding carboxylic acids is 1. The number of phenolic OH excluding ortho intramolecular Hbond substituents is 2. The normalized spacial score (nSPS) is 10.8. The van der Waals surface area contributed by atoms with Gasteiger partial charge in [-0.2, -0.15) is 0 Å². The van der Waals surface area contributed by atoms with Crippen molar-refractivity contribution in [2.45, 2.75) is 6.92 Å². The summed E-state index contributed by atoms with van der Waals surface area (Å²) in [5.41, 5.74) is 2.69. The molecule has 6 heteroatoms. The number of aldehydes is 1. The molecule has 24 heavy (non-hydrogen) atoms. The van der Waals surface area contributed by atoms with Gasteiger partial charge in [-0.25, -0.2) is 4.39 Å². The van der Waals surface area contributed by atoms with Gasteiger partial charge >= 0.3 is 0 Å². The predicted molar refractivity (Wildman–Crippen MR) is 93.6 cm³/mol. The molecule has 0 aliphatic carbocycles. The van der Waals surface area contributed by atoms with Crippen LogP contribution >= 0.6 is 22.9 Å². The zero-order chi connectivity index (χ0) is 17.4. The number of rotatable bonds is 3. The van der Waals surface area contributed by atoms with Crippen molar-refractivity contribution in [3.05, 3.63) is 57.7 Å². The first-order chi connectivity index (χ1) is 11.4. The molecule has 0 spiro atoms. The van der Waals surface area contributed by atoms with Gasteiger partial charge in [-0.15, -0.1) is 11.3 Å². The minimum atomic E-state index is -0.746. The number of carbonyl (C=O) groups is 1. The lowest BCUT2D eigenvalue weighted by atomic mass is 9.99. The van der Waals surface area contributed by atoms with Gasteiger partial charge in [0.05, 0.1) is 9.90 Å². The highest BCUT2D eigenvalue weighted by molar-refractivity contribution is 7.17. The molecule has 0 saturated heterocycles. The summed E-state index contributed by atoms with van der Waals surface area (Å²) in [5.74, 6) is -1.21. The lowest BCUT2D eigenvalue weighted by Crippen LogP contribution is -1.86. The van der Waals surface area contributed by atoms with Crippen molar-refractivity contribution in [2.24, 2.45) is 0 Å². The molecular weight excluding hydrogens is 351 g/mol. The van der Waals surface area contributed by atoms with Crippen molar-refractivity contribution in [3.8, 4) is 33.1 Å². The fraction of sp³-hybridized carbons (Fsp3) is 0.0556. The Morgan fingerprint density at radius 3 is 2.38 bits per heavy atom. The van der Waals surface area contributed by atoms with Crippen molar-refractivity contribution in [2.75, 3.05) is 0 Å². The van der Waals surface area contributed by atoms with Crippen molar-refractivity contribution < 1.29 is 19.4 Å². The third-order valence-electron chi connectivity index (χ3n) is 3.73. The van der Waals surface area contributed by atoms with E-state index in [1.165, 1.54) is 29.5 Å². The van der Waals surface area contributed by atoms with Crippen LogP contribution in [0.2, 0.25) is 5.02 Å². The second-order valence-corrected chi connectivity index (χ2v) is 6.71. The van der Waals surface area contributed by atoms with Gasteiger partial charge in [0.25, 0.3) is 0 Å². The Hall–Kier alpha value is -2.37. The highest BCUT2D eigenvalue weighted by Crippen LogP contribution is 2.43. The first kappa shape index (κ1) is 16.5. The van der Waals surface area contributed by atoms with E-state index in [0.717, 1.165) is 22.3 Å². The SMILES string of the molecule is Cc1c(-c2ccc(O)c(Cl)c2)sc(C=O)c1-c1ccc(O)c(F)c1. The number of phenols is 2. The average molecular weight is 363 g/mol. The van der Waals surface area contributed by atoms with E-state index in [1.807, 2.05) is 6.92 Å². The van der Waals surface area contributed by atoms with Crippen LogP contribution < -0.4 is 0 Å². The van der Waals surface area contributed by atoms with Crippen LogP contribution in [0.25, 0.3) is 21.6 Å². The van der Waals surface area contributed by atoms with Crippen molar-refractivity contribution >= 4 is 29.2 Å². The molecule has 2 N–H and O–H groups in total. The quantitative estimate of drug-likeness (QED) is 0.613. The third kappa shape index (κ3) is 2.77. The van der Waals surface area contributed by atoms with Gasteiger partial charge in [-0.1, -0.05) is 17.7 Å². The van der Waals surface area contributed by atoms with E-state index in [9.17, 15) is 19.4 Å². The molecule has 0 aliphatic heterocycles. The highest BCUT2D eigenvalue weighted by atomic mass is 35.5. The summed E-state index contributed by atoms with van der Waals surface area (Å²) in [6.07, 6.45) is 0.725. The number of benzene rings is 2. The second kappa shape index (κ2) is 6.26. The largest absolute Gasteiger partial charge is 0.506 e. The molecule has 0 amide bonds. The number of halogens is 2. The van der Waals surface area contributed by atoms with Crippen LogP contribution in [0.4, 0.5) is 4.39 Å². The summed E-state index contributed by atoms with van der Waals surface area (Å²) >= 11 is 7.22. The molecule has 3 aromatic rings. The summed E-state index contributed by atoms with van der Waals surface area (Å²) < 4.78 is 13.7. The Morgan fingerprint density at radius 2 is 1.75 bits per heavy atom. The molecule has 1 heterocycles. The summed E-state index contributed by atoms with van der Waals surface area (Å²) in [5, 5.41) is 19.1. The molecule has 0 fully saturated rings. The molecule has 3 rings (SSSR count). The van der Waals surface area contributed by atoms with Gasteiger partial charge in [0, 0.05) is 10.4 Å². The molecule has 1 aromatic heterocycles. The van der Waals surface area contributed by atoms with Crippen LogP contribution in [0.5, 0.6) is 11.5 Å². The molecule has 2 aromatic carbocycles. The topological polar surface area (TPSA) is 57.5 Å². The maximum absolute atomic E-state index is 13.7. The second-order valence-electron chi connectivity index (χ2n) is 5.25. The first-order valence-electron chi connectivity index (χ1n) is 6.98. The third-order valence-corrected chi connectivity index (χ3v) is 5.30. The molecule has 0 aliphatic rings. The zero-order valence-electron chi connectivity index (χ0n) is 12.5. The molecule has 122 valence electrons. The van der Waals surface area contributed by atoms with Crippen LogP contribution in [0, 0.1) is 12.7 Å². The van der Waals surface area contributed by atoms with E-state index in [-0.39, 0.29) is 10.8 Å². The maximum atomic E-state index is 13.7. The molecule has 0 atom stereocenters. The van der Waals surface area contributed by atoms with Crippen LogP contribution in [0.15, 0.2) is 36.4 Å². The van der Waals surface area contributed by atoms with E-state index in [4.69, 9.17) is 11.6 Å². The molecule has 0 saturated carbocycles. The van der Waals surface area contributed by atoms with Crippen LogP contribution in [-0.2, 0) is 0 Å². The van der Waals surface area contributed by atoms with Crippen molar-refractivity contribution in [1.82, 2.24) is 0 Å². The summed E-state index contributed by atoms with van der Waals surface area (Å²) in [6.45, 7) is 1.83. The Bertz CT molecular complexity index is 950. The summed E-state index contributed by atoms with van der Waals surface area (Å²) in [6, 6.07) is 8.82. The van der Waals surface area contributed by atoms with Gasteiger partial charge < -0.3 is 10.2 Å². The zero-order valence-corrected chi connectivity index (χ0v) is 14.1. The van der Waals surface area contributed by atoms with Crippen molar-refractivity contribution in [3.63, 3.8) is 0 Å². The molecular formula is C18H12ClFO3S. The highest BCUT2D eigenvalue weighted by Gasteiger charge is 2.19. The van der Waals surface area contributed by atoms with Crippen LogP contribution in [0.1, 0.15) is 15.2 Å². The van der Waals surface area contributed by atoms with Crippen LogP contribution in [0.3, 0.4) is 0 Å². The Balaban J connectivity index is 2.21. The first-order valence-corrected chi connectivity index (χ1v) is 8.18. The monoisotopic (exact) mass is 362 g/mol. The summed E-state index contributed by atoms with van der Waals surface area (Å²) in [4.78, 5) is 12.7. The fourth-order valence-electron chi connectivity index (χ4n) is 2.56. The average Bonchev–Trinajstić information content (AvgIpc) is 2.89. The van der Waals surface area contributed by atoms with Crippen molar-refractivity contribution in [1.29, 1.82) is 0 Å². The Labute approximate surface area is 146 Å². The number of thiophene rings is 1. The van der Waals surface area contributed by atoms with Crippen LogP contribution in [-0.4, -0.2) is 16.5 Å². The van der Waals surface area contributed by atoms with E-state index < -0.39 is 11.6 Å². The van der Waals surface area contributed by atoms with E-state index in [2.05, 4.69) is 0 Å². The number of hydrogen-bond acceptors (Lipinski definition) is 4. The van der Waals surface area contributed by atoms with Gasteiger partial charge in [0.1, 0.15) is 5.75 Å². The predicted octanol–water partition coefficient (Wildman–Crippen LogP) is 5.41. The lowest BCUT2D eigenvalue weighted by Gasteiger charge is -2.06. The van der Waals surface area contributed by atoms with E-state index >= 15 is 0 Å². The molecule has 3 nitrogen and oxygen atoms in total. The minimum Gasteiger partial charge on any atom is -0.506 e. The fourth-order valence-corrected chi connectivity index (χ4v) is 3.89. The Morgan fingerprint density at radius 1 is 1.08 bits per heavy atom. The van der Waals surface area contributed by atoms with Gasteiger partial charge in [0.15, 0.2) is 17.9 Å². The standard InChI is InChI=1S/C18H12ClFO3S/c1-9-17(10-2-5-15(23)13(20)7-10)16(8-21)24-18(9)11-3-4-14(22)12(19)6-11/h2-8,22-23H,1H3. The number of aromatic hydroxyl groups is 2. The van der Waals surface area contributed by atoms with E-state index in [1.54, 1.807) is 18.2 Å². The molecule has 0 bridgehead atoms. The lowest BCUT2D eigenvalue weighted by molar-refractivity contribution is 0.112. The molecule has 0 unspecified atom stereocenters. The maximum Gasteiger partial charge on any atom is 0.165 e. The van der Waals surface area contributed by atoms with E-state index in [0.29, 0.717) is 16.0 Å². The van der Waals surface area contributed by atoms with Gasteiger partial charge in [-0.3, -0.25) is 4.79 Å². The van der Waals surface area contributed by atoms with Gasteiger partial charge in [-0.05, 0) is 53.9 Å². The molecule has 0 radical (unpaired) electrons. The minimum absolute atomic E-state index is 0.0222.